The summed E-state index contributed by atoms with van der Waals surface area (Å²) in [5.74, 6) is 2.24. The fraction of sp³-hybridized carbons (Fsp3) is 0.438. The first-order chi connectivity index (χ1) is 10.3. The molecule has 0 bridgehead atoms. The van der Waals surface area contributed by atoms with Gasteiger partial charge in [-0.15, -0.1) is 0 Å². The molecule has 1 N–H and O–H groups in total. The predicted octanol–water partition coefficient (Wildman–Crippen LogP) is 2.55. The molecule has 2 aromatic rings. The Morgan fingerprint density at radius 3 is 2.76 bits per heavy atom. The second-order valence-corrected chi connectivity index (χ2v) is 6.33. The van der Waals surface area contributed by atoms with E-state index in [2.05, 4.69) is 21.3 Å². The molecule has 1 aromatic carbocycles. The smallest absolute Gasteiger partial charge is 0.146 e. The number of aromatic nitrogens is 1. The Labute approximate surface area is 129 Å². The van der Waals surface area contributed by atoms with Crippen LogP contribution in [0.5, 0.6) is 5.75 Å². The molecule has 4 rings (SSSR count). The Bertz CT molecular complexity index is 679. The lowest BCUT2D eigenvalue weighted by Crippen LogP contribution is -2.25. The lowest BCUT2D eigenvalue weighted by molar-refractivity contribution is 0.420. The largest absolute Gasteiger partial charge is 0.494 e. The molecule has 2 aliphatic rings. The number of pyridine rings is 1. The number of hydrogen-bond donors (Lipinski definition) is 1. The maximum Gasteiger partial charge on any atom is 0.146 e. The molecule has 2 saturated heterocycles. The fourth-order valence-corrected chi connectivity index (χ4v) is 3.82. The number of hydrogen-bond acceptors (Lipinski definition) is 4. The molecule has 2 fully saturated rings. The Kier molecular flexibility index (Phi) is 3.16. The van der Waals surface area contributed by atoms with Gasteiger partial charge in [0.1, 0.15) is 5.75 Å². The van der Waals surface area contributed by atoms with Crippen LogP contribution >= 0.6 is 11.6 Å². The van der Waals surface area contributed by atoms with E-state index in [0.29, 0.717) is 10.8 Å². The first kappa shape index (κ1) is 13.2. The summed E-state index contributed by atoms with van der Waals surface area (Å²) in [5, 5.41) is 5.09. The monoisotopic (exact) mass is 303 g/mol. The fourth-order valence-electron chi connectivity index (χ4n) is 3.58. The molecule has 0 unspecified atom stereocenters. The van der Waals surface area contributed by atoms with Crippen LogP contribution in [0, 0.1) is 11.8 Å². The van der Waals surface area contributed by atoms with Gasteiger partial charge in [0.2, 0.25) is 0 Å². The van der Waals surface area contributed by atoms with Gasteiger partial charge in [0.05, 0.1) is 29.5 Å². The van der Waals surface area contributed by atoms with E-state index in [-0.39, 0.29) is 0 Å². The first-order valence-electron chi connectivity index (χ1n) is 7.34. The highest BCUT2D eigenvalue weighted by atomic mass is 35.5. The number of rotatable bonds is 2. The van der Waals surface area contributed by atoms with Crippen LogP contribution in [0.2, 0.25) is 5.02 Å². The zero-order chi connectivity index (χ0) is 14.4. The molecule has 3 heterocycles. The number of halogens is 1. The van der Waals surface area contributed by atoms with Gasteiger partial charge < -0.3 is 15.0 Å². The molecule has 1 aromatic heterocycles. The average molecular weight is 304 g/mol. The van der Waals surface area contributed by atoms with E-state index in [1.165, 1.54) is 0 Å². The van der Waals surface area contributed by atoms with Crippen molar-refractivity contribution in [3.05, 3.63) is 29.4 Å². The standard InChI is InChI=1S/C16H18ClN3O/c1-21-16-13-4-12(7-19-15(13)3-2-14(16)17)20-8-10-5-18-6-11(10)9-20/h2-4,7,10-11,18H,5-6,8-9H2,1H3/t10-,11+. The van der Waals surface area contributed by atoms with Crippen LogP contribution in [-0.4, -0.2) is 38.3 Å². The molecule has 0 aliphatic carbocycles. The molecule has 2 aliphatic heterocycles. The van der Waals surface area contributed by atoms with Gasteiger partial charge in [-0.05, 0) is 30.0 Å². The lowest BCUT2D eigenvalue weighted by atomic mass is 10.0. The first-order valence-corrected chi connectivity index (χ1v) is 7.72. The number of nitrogens with zero attached hydrogens (tertiary/aromatic N) is 2. The van der Waals surface area contributed by atoms with Gasteiger partial charge in [-0.25, -0.2) is 0 Å². The van der Waals surface area contributed by atoms with E-state index in [4.69, 9.17) is 16.3 Å². The molecule has 0 spiro atoms. The molecule has 4 nitrogen and oxygen atoms in total. The molecule has 5 heteroatoms. The summed E-state index contributed by atoms with van der Waals surface area (Å²) in [4.78, 5) is 7.01. The zero-order valence-electron chi connectivity index (χ0n) is 12.0. The van der Waals surface area contributed by atoms with E-state index < -0.39 is 0 Å². The summed E-state index contributed by atoms with van der Waals surface area (Å²) < 4.78 is 5.45. The summed E-state index contributed by atoms with van der Waals surface area (Å²) in [5.41, 5.74) is 2.08. The molecular formula is C16H18ClN3O. The van der Waals surface area contributed by atoms with Gasteiger partial charge in [-0.2, -0.15) is 0 Å². The van der Waals surface area contributed by atoms with Crippen molar-refractivity contribution in [1.29, 1.82) is 0 Å². The maximum atomic E-state index is 6.22. The van der Waals surface area contributed by atoms with Crippen molar-refractivity contribution >= 4 is 28.2 Å². The van der Waals surface area contributed by atoms with Gasteiger partial charge >= 0.3 is 0 Å². The Morgan fingerprint density at radius 2 is 2.05 bits per heavy atom. The number of benzene rings is 1. The molecule has 21 heavy (non-hydrogen) atoms. The maximum absolute atomic E-state index is 6.22. The van der Waals surface area contributed by atoms with Crippen LogP contribution in [0.25, 0.3) is 10.9 Å². The van der Waals surface area contributed by atoms with Crippen LogP contribution in [0.4, 0.5) is 5.69 Å². The quantitative estimate of drug-likeness (QED) is 0.925. The number of fused-ring (bicyclic) bond motifs is 2. The Morgan fingerprint density at radius 1 is 1.29 bits per heavy atom. The normalized spacial score (nSPS) is 24.6. The van der Waals surface area contributed by atoms with E-state index in [1.54, 1.807) is 7.11 Å². The van der Waals surface area contributed by atoms with Crippen LogP contribution in [-0.2, 0) is 0 Å². The molecule has 0 amide bonds. The van der Waals surface area contributed by atoms with Crippen molar-refractivity contribution in [2.24, 2.45) is 11.8 Å². The van der Waals surface area contributed by atoms with E-state index in [0.717, 1.165) is 54.6 Å². The molecule has 2 atom stereocenters. The third kappa shape index (κ3) is 2.14. The van der Waals surface area contributed by atoms with Crippen LogP contribution in [0.3, 0.4) is 0 Å². The minimum absolute atomic E-state index is 0.631. The van der Waals surface area contributed by atoms with Crippen molar-refractivity contribution in [1.82, 2.24) is 10.3 Å². The predicted molar refractivity (Wildman–Crippen MR) is 85.4 cm³/mol. The summed E-state index contributed by atoms with van der Waals surface area (Å²) in [6.07, 6.45) is 1.96. The minimum Gasteiger partial charge on any atom is -0.494 e. The molecule has 0 radical (unpaired) electrons. The highest BCUT2D eigenvalue weighted by Gasteiger charge is 2.36. The number of anilines is 1. The highest BCUT2D eigenvalue weighted by molar-refractivity contribution is 6.33. The third-order valence-corrected chi connectivity index (χ3v) is 5.01. The van der Waals surface area contributed by atoms with E-state index >= 15 is 0 Å². The van der Waals surface area contributed by atoms with Crippen LogP contribution < -0.4 is 15.0 Å². The second kappa shape index (κ2) is 5.04. The van der Waals surface area contributed by atoms with Crippen molar-refractivity contribution in [2.45, 2.75) is 0 Å². The van der Waals surface area contributed by atoms with Crippen LogP contribution in [0.1, 0.15) is 0 Å². The van der Waals surface area contributed by atoms with Crippen molar-refractivity contribution in [3.8, 4) is 5.75 Å². The van der Waals surface area contributed by atoms with Gasteiger partial charge in [0.15, 0.2) is 0 Å². The summed E-state index contributed by atoms with van der Waals surface area (Å²) >= 11 is 6.22. The van der Waals surface area contributed by atoms with E-state index in [9.17, 15) is 0 Å². The van der Waals surface area contributed by atoms with Gasteiger partial charge in [0, 0.05) is 31.6 Å². The zero-order valence-corrected chi connectivity index (χ0v) is 12.7. The van der Waals surface area contributed by atoms with Crippen LogP contribution in [0.15, 0.2) is 24.4 Å². The van der Waals surface area contributed by atoms with Crippen molar-refractivity contribution < 1.29 is 4.74 Å². The Hall–Kier alpha value is -1.52. The number of nitrogens with one attached hydrogen (secondary N) is 1. The van der Waals surface area contributed by atoms with Crippen molar-refractivity contribution in [2.75, 3.05) is 38.2 Å². The molecular weight excluding hydrogens is 286 g/mol. The highest BCUT2D eigenvalue weighted by Crippen LogP contribution is 2.36. The Balaban J connectivity index is 1.73. The summed E-state index contributed by atoms with van der Waals surface area (Å²) in [6.45, 7) is 4.48. The van der Waals surface area contributed by atoms with E-state index in [1.807, 2.05) is 18.3 Å². The summed E-state index contributed by atoms with van der Waals surface area (Å²) in [7, 11) is 1.65. The lowest BCUT2D eigenvalue weighted by Gasteiger charge is -2.20. The van der Waals surface area contributed by atoms with Crippen molar-refractivity contribution in [3.63, 3.8) is 0 Å². The third-order valence-electron chi connectivity index (χ3n) is 4.71. The average Bonchev–Trinajstić information content (AvgIpc) is 3.08. The SMILES string of the molecule is COc1c(Cl)ccc2ncc(N3C[C@H]4CNC[C@H]4C3)cc12. The van der Waals surface area contributed by atoms with Gasteiger partial charge in [-0.3, -0.25) is 4.98 Å². The minimum atomic E-state index is 0.631. The van der Waals surface area contributed by atoms with Gasteiger partial charge in [-0.1, -0.05) is 11.6 Å². The number of ether oxygens (including phenoxy) is 1. The number of methoxy groups -OCH3 is 1. The summed E-state index contributed by atoms with van der Waals surface area (Å²) in [6, 6.07) is 5.93. The topological polar surface area (TPSA) is 37.4 Å². The molecule has 0 saturated carbocycles. The van der Waals surface area contributed by atoms with Gasteiger partial charge in [0.25, 0.3) is 0 Å². The molecule has 110 valence electrons. The second-order valence-electron chi connectivity index (χ2n) is 5.92.